The van der Waals surface area contributed by atoms with Gasteiger partial charge in [0, 0.05) is 12.8 Å². The van der Waals surface area contributed by atoms with Crippen molar-refractivity contribution in [2.75, 3.05) is 13.2 Å². The van der Waals surface area contributed by atoms with E-state index in [1.807, 2.05) is 0 Å². The second-order valence-electron chi connectivity index (χ2n) is 11.0. The van der Waals surface area contributed by atoms with Gasteiger partial charge in [-0.25, -0.2) is 0 Å². The maximum atomic E-state index is 12.1. The largest absolute Gasteiger partial charge is 0.394 e. The predicted molar refractivity (Wildman–Crippen MR) is 144 cm³/mol. The summed E-state index contributed by atoms with van der Waals surface area (Å²) in [6.45, 7) is -1.12. The molecule has 0 saturated carbocycles. The number of nitrogens with one attached hydrogen (secondary N) is 2. The highest BCUT2D eigenvalue weighted by Gasteiger charge is 2.45. The van der Waals surface area contributed by atoms with E-state index in [1.54, 1.807) is 0 Å². The van der Waals surface area contributed by atoms with Crippen molar-refractivity contribution in [3.05, 3.63) is 0 Å². The molecule has 10 atom stereocenters. The maximum absolute atomic E-state index is 12.1. The molecule has 2 amide bonds. The first-order valence-corrected chi connectivity index (χ1v) is 14.8. The Morgan fingerprint density at radius 2 is 0.780 bits per heavy atom. The van der Waals surface area contributed by atoms with Gasteiger partial charge >= 0.3 is 0 Å². The highest BCUT2D eigenvalue weighted by molar-refractivity contribution is 5.76. The normalized spacial score (nSPS) is 33.9. The number of aliphatic hydroxyl groups is 8. The van der Waals surface area contributed by atoms with Crippen molar-refractivity contribution in [3.63, 3.8) is 0 Å². The van der Waals surface area contributed by atoms with Crippen LogP contribution in [0.4, 0.5) is 0 Å². The minimum absolute atomic E-state index is 0.231. The third-order valence-corrected chi connectivity index (χ3v) is 7.76. The number of carbonyl (C=O) groups excluding carboxylic acids is 2. The molecule has 41 heavy (non-hydrogen) atoms. The van der Waals surface area contributed by atoms with Crippen LogP contribution in [0.25, 0.3) is 0 Å². The van der Waals surface area contributed by atoms with E-state index >= 15 is 0 Å². The SMILES string of the molecule is O=C(CCCCCCCCCCCCCC(=O)N[C@H]1C(O)O[C@H](CO)[C@@H](O)[C@@H]1O)N[C@H]1C(O)O[C@H](CO)[C@@H](O)[C@@H]1O. The number of hydrogen-bond donors (Lipinski definition) is 10. The summed E-state index contributed by atoms with van der Waals surface area (Å²) in [5.41, 5.74) is 0. The summed E-state index contributed by atoms with van der Waals surface area (Å²) in [6, 6.07) is -2.32. The van der Waals surface area contributed by atoms with Gasteiger partial charge in [0.2, 0.25) is 11.8 Å². The molecule has 0 spiro atoms. The minimum Gasteiger partial charge on any atom is -0.394 e. The van der Waals surface area contributed by atoms with Crippen molar-refractivity contribution in [3.8, 4) is 0 Å². The van der Waals surface area contributed by atoms with Gasteiger partial charge in [0.05, 0.1) is 13.2 Å². The zero-order valence-electron chi connectivity index (χ0n) is 23.6. The molecule has 14 nitrogen and oxygen atoms in total. The third kappa shape index (κ3) is 11.6. The van der Waals surface area contributed by atoms with Crippen molar-refractivity contribution < 1.29 is 59.9 Å². The minimum atomic E-state index is -1.52. The van der Waals surface area contributed by atoms with E-state index in [9.17, 15) is 40.2 Å². The smallest absolute Gasteiger partial charge is 0.220 e. The molecular weight excluding hydrogens is 544 g/mol. The Morgan fingerprint density at radius 1 is 0.488 bits per heavy atom. The number of rotatable bonds is 18. The first-order valence-electron chi connectivity index (χ1n) is 14.8. The fourth-order valence-electron chi connectivity index (χ4n) is 5.18. The molecule has 0 aromatic heterocycles. The van der Waals surface area contributed by atoms with Crippen molar-refractivity contribution in [1.82, 2.24) is 10.6 Å². The fourth-order valence-corrected chi connectivity index (χ4v) is 5.18. The van der Waals surface area contributed by atoms with Gasteiger partial charge in [0.15, 0.2) is 12.6 Å². The molecule has 2 rings (SSSR count). The highest BCUT2D eigenvalue weighted by Crippen LogP contribution is 2.21. The van der Waals surface area contributed by atoms with Crippen LogP contribution in [-0.2, 0) is 19.1 Å². The zero-order chi connectivity index (χ0) is 30.4. The van der Waals surface area contributed by atoms with Crippen LogP contribution in [0, 0.1) is 0 Å². The standard InChI is InChI=1S/C27H50N2O12/c30-14-16-22(34)24(36)20(26(38)40-16)28-18(32)12-10-8-6-4-2-1-3-5-7-9-11-13-19(33)29-21-25(37)23(35)17(15-31)41-27(21)39/h16-17,20-27,30-31,34-39H,1-15H2,(H,28,32)(H,29,33)/t16-,17-,20-,21-,22-,23-,24-,25-,26?,27?/m1/s1. The van der Waals surface area contributed by atoms with Gasteiger partial charge in [0.1, 0.15) is 48.7 Å². The molecule has 2 heterocycles. The number of ether oxygens (including phenoxy) is 2. The van der Waals surface area contributed by atoms with E-state index < -0.39 is 74.5 Å². The Labute approximate surface area is 240 Å². The summed E-state index contributed by atoms with van der Waals surface area (Å²) < 4.78 is 10.1. The van der Waals surface area contributed by atoms with Crippen molar-refractivity contribution in [2.45, 2.75) is 145 Å². The molecule has 10 N–H and O–H groups in total. The van der Waals surface area contributed by atoms with E-state index in [4.69, 9.17) is 19.7 Å². The topological polar surface area (TPSA) is 238 Å². The quantitative estimate of drug-likeness (QED) is 0.0767. The summed E-state index contributed by atoms with van der Waals surface area (Å²) in [6.07, 6.45) is -0.0366. The molecular formula is C27H50N2O12. The van der Waals surface area contributed by atoms with Crippen LogP contribution in [0.1, 0.15) is 83.5 Å². The zero-order valence-corrected chi connectivity index (χ0v) is 23.6. The maximum Gasteiger partial charge on any atom is 0.220 e. The lowest BCUT2D eigenvalue weighted by molar-refractivity contribution is -0.253. The second-order valence-corrected chi connectivity index (χ2v) is 11.0. The van der Waals surface area contributed by atoms with Gasteiger partial charge in [-0.3, -0.25) is 9.59 Å². The van der Waals surface area contributed by atoms with Crippen LogP contribution >= 0.6 is 0 Å². The van der Waals surface area contributed by atoms with Gasteiger partial charge in [-0.05, 0) is 12.8 Å². The van der Waals surface area contributed by atoms with Gasteiger partial charge in [-0.15, -0.1) is 0 Å². The molecule has 240 valence electrons. The third-order valence-electron chi connectivity index (χ3n) is 7.76. The van der Waals surface area contributed by atoms with Crippen LogP contribution in [0.2, 0.25) is 0 Å². The fraction of sp³-hybridized carbons (Fsp3) is 0.926. The first kappa shape index (κ1) is 35.7. The van der Waals surface area contributed by atoms with Crippen molar-refractivity contribution >= 4 is 11.8 Å². The Kier molecular flexibility index (Phi) is 16.5. The van der Waals surface area contributed by atoms with Crippen LogP contribution in [0.5, 0.6) is 0 Å². The number of unbranched alkanes of at least 4 members (excludes halogenated alkanes) is 10. The van der Waals surface area contributed by atoms with Crippen LogP contribution < -0.4 is 10.6 Å². The second kappa shape index (κ2) is 18.9. The predicted octanol–water partition coefficient (Wildman–Crippen LogP) is -2.11. The lowest BCUT2D eigenvalue weighted by Crippen LogP contribution is -2.64. The van der Waals surface area contributed by atoms with Crippen LogP contribution in [0.15, 0.2) is 0 Å². The van der Waals surface area contributed by atoms with Crippen LogP contribution in [0.3, 0.4) is 0 Å². The molecule has 0 bridgehead atoms. The lowest BCUT2D eigenvalue weighted by Gasteiger charge is -2.40. The molecule has 2 fully saturated rings. The summed E-state index contributed by atoms with van der Waals surface area (Å²) in [7, 11) is 0. The summed E-state index contributed by atoms with van der Waals surface area (Å²) in [5.74, 6) is -0.700. The summed E-state index contributed by atoms with van der Waals surface area (Å²) in [4.78, 5) is 24.3. The Balaban J connectivity index is 1.41. The van der Waals surface area contributed by atoms with E-state index in [-0.39, 0.29) is 24.7 Å². The summed E-state index contributed by atoms with van der Waals surface area (Å²) >= 11 is 0. The van der Waals surface area contributed by atoms with Gasteiger partial charge in [0.25, 0.3) is 0 Å². The first-order chi connectivity index (χ1) is 19.6. The molecule has 2 saturated heterocycles. The van der Waals surface area contributed by atoms with E-state index in [1.165, 1.54) is 0 Å². The molecule has 2 aliphatic heterocycles. The lowest BCUT2D eigenvalue weighted by atomic mass is 9.97. The van der Waals surface area contributed by atoms with Crippen molar-refractivity contribution in [1.29, 1.82) is 0 Å². The van der Waals surface area contributed by atoms with Gasteiger partial charge in [-0.2, -0.15) is 0 Å². The summed E-state index contributed by atoms with van der Waals surface area (Å²) in [5, 5.41) is 83.0. The van der Waals surface area contributed by atoms with Crippen molar-refractivity contribution in [2.24, 2.45) is 0 Å². The van der Waals surface area contributed by atoms with E-state index in [2.05, 4.69) is 10.6 Å². The van der Waals surface area contributed by atoms with E-state index in [0.29, 0.717) is 12.8 Å². The number of aliphatic hydroxyl groups excluding tert-OH is 8. The molecule has 2 aliphatic rings. The molecule has 2 unspecified atom stereocenters. The number of hydrogen-bond acceptors (Lipinski definition) is 12. The van der Waals surface area contributed by atoms with Gasteiger partial charge < -0.3 is 61.0 Å². The molecule has 0 aliphatic carbocycles. The average Bonchev–Trinajstić information content (AvgIpc) is 2.95. The van der Waals surface area contributed by atoms with Gasteiger partial charge in [-0.1, -0.05) is 57.8 Å². The Bertz CT molecular complexity index is 702. The van der Waals surface area contributed by atoms with Crippen LogP contribution in [-0.4, -0.2) is 127 Å². The monoisotopic (exact) mass is 594 g/mol. The number of carbonyl (C=O) groups is 2. The Morgan fingerprint density at radius 3 is 1.07 bits per heavy atom. The molecule has 0 aromatic rings. The van der Waals surface area contributed by atoms with E-state index in [0.717, 1.165) is 57.8 Å². The molecule has 14 heteroatoms. The molecule has 0 aromatic carbocycles. The average molecular weight is 595 g/mol. The Hall–Kier alpha value is -1.46. The number of amides is 2. The molecule has 0 radical (unpaired) electrons. The highest BCUT2D eigenvalue weighted by atomic mass is 16.6.